The predicted molar refractivity (Wildman–Crippen MR) is 137 cm³/mol. The molecule has 1 aromatic heterocycles. The number of piperidine rings is 2. The van der Waals surface area contributed by atoms with Crippen molar-refractivity contribution in [2.75, 3.05) is 18.5 Å². The Balaban J connectivity index is 0.00000245. The maximum atomic E-state index is 12.2. The Morgan fingerprint density at radius 1 is 1.16 bits per heavy atom. The van der Waals surface area contributed by atoms with E-state index in [1.807, 2.05) is 30.3 Å². The molecular weight excluding hydrogens is 464 g/mol. The standard InChI is InChI=1S/C23H26N4O2S2.ClH/c1-31(28,29)27-12-16-5-7-18(27)11-21(16)26-13-20(19-8-6-17(24)10-22(19)26)14-3-2-4-15(9-14)23(25)30;/h2-4,6,8-10,13,16,18,21H,5,7,11-12,24H2,1H3,(H2,25,30);1H. The molecule has 2 bridgehead atoms. The van der Waals surface area contributed by atoms with Crippen molar-refractivity contribution in [3.8, 4) is 11.1 Å². The Morgan fingerprint density at radius 2 is 1.94 bits per heavy atom. The Bertz CT molecular complexity index is 1300. The molecule has 0 amide bonds. The maximum absolute atomic E-state index is 12.2. The Kier molecular flexibility index (Phi) is 6.00. The van der Waals surface area contributed by atoms with Gasteiger partial charge in [0, 0.05) is 47.0 Å². The van der Waals surface area contributed by atoms with Crippen LogP contribution in [0.15, 0.2) is 48.7 Å². The zero-order valence-corrected chi connectivity index (χ0v) is 20.2. The summed E-state index contributed by atoms with van der Waals surface area (Å²) in [4.78, 5) is 0.375. The fraction of sp³-hybridized carbons (Fsp3) is 0.348. The Morgan fingerprint density at radius 3 is 2.59 bits per heavy atom. The second kappa shape index (κ2) is 8.33. The van der Waals surface area contributed by atoms with Gasteiger partial charge < -0.3 is 16.0 Å². The molecule has 6 nitrogen and oxygen atoms in total. The van der Waals surface area contributed by atoms with E-state index in [4.69, 9.17) is 23.7 Å². The number of halogens is 1. The molecule has 2 aromatic carbocycles. The van der Waals surface area contributed by atoms with Crippen LogP contribution in [0.3, 0.4) is 0 Å². The van der Waals surface area contributed by atoms with Gasteiger partial charge in [-0.3, -0.25) is 0 Å². The van der Waals surface area contributed by atoms with Crippen LogP contribution < -0.4 is 11.5 Å². The molecule has 3 unspecified atom stereocenters. The molecule has 32 heavy (non-hydrogen) atoms. The normalized spacial score (nSPS) is 23.2. The van der Waals surface area contributed by atoms with E-state index in [1.165, 1.54) is 6.26 Å². The number of fused-ring (bicyclic) bond motifs is 4. The quantitative estimate of drug-likeness (QED) is 0.427. The molecule has 2 saturated heterocycles. The van der Waals surface area contributed by atoms with Crippen LogP contribution in [-0.4, -0.2) is 41.1 Å². The molecule has 170 valence electrons. The molecule has 3 fully saturated rings. The Hall–Kier alpha value is -2.13. The molecule has 3 aliphatic rings. The highest BCUT2D eigenvalue weighted by Gasteiger charge is 2.44. The molecule has 3 heterocycles. The SMILES string of the molecule is CS(=O)(=O)N1CC2CCC1CC2n1cc(-c2cccc(C(N)=S)c2)c2ccc(N)cc21.Cl. The summed E-state index contributed by atoms with van der Waals surface area (Å²) in [6, 6.07) is 14.3. The van der Waals surface area contributed by atoms with Gasteiger partial charge in [0.25, 0.3) is 0 Å². The summed E-state index contributed by atoms with van der Waals surface area (Å²) in [5.41, 5.74) is 16.8. The molecule has 6 rings (SSSR count). The minimum absolute atomic E-state index is 0. The van der Waals surface area contributed by atoms with E-state index in [0.29, 0.717) is 17.2 Å². The molecule has 1 aliphatic carbocycles. The third kappa shape index (κ3) is 3.90. The second-order valence-corrected chi connectivity index (χ2v) is 11.2. The molecule has 2 aliphatic heterocycles. The highest BCUT2D eigenvalue weighted by atomic mass is 35.5. The molecule has 3 aromatic rings. The third-order valence-electron chi connectivity index (χ3n) is 6.85. The number of benzene rings is 2. The van der Waals surface area contributed by atoms with Crippen LogP contribution in [0.1, 0.15) is 30.9 Å². The topological polar surface area (TPSA) is 94.3 Å². The van der Waals surface area contributed by atoms with Crippen LogP contribution in [0, 0.1) is 5.92 Å². The Labute approximate surface area is 200 Å². The zero-order chi connectivity index (χ0) is 21.9. The van der Waals surface area contributed by atoms with Crippen molar-refractivity contribution in [1.29, 1.82) is 0 Å². The number of nitrogen functional groups attached to an aromatic ring is 1. The first-order valence-corrected chi connectivity index (χ1v) is 12.7. The number of sulfonamides is 1. The van der Waals surface area contributed by atoms with Crippen molar-refractivity contribution in [3.63, 3.8) is 0 Å². The summed E-state index contributed by atoms with van der Waals surface area (Å²) in [6.07, 6.45) is 6.30. The summed E-state index contributed by atoms with van der Waals surface area (Å²) >= 11 is 5.17. The van der Waals surface area contributed by atoms with E-state index in [0.717, 1.165) is 46.9 Å². The van der Waals surface area contributed by atoms with Gasteiger partial charge in [-0.15, -0.1) is 12.4 Å². The minimum atomic E-state index is -3.18. The van der Waals surface area contributed by atoms with E-state index in [2.05, 4.69) is 22.9 Å². The lowest BCUT2D eigenvalue weighted by atomic mass is 9.77. The number of rotatable bonds is 4. The summed E-state index contributed by atoms with van der Waals surface area (Å²) in [5, 5.41) is 1.12. The molecule has 9 heteroatoms. The molecular formula is C23H27ClN4O2S2. The lowest BCUT2D eigenvalue weighted by Crippen LogP contribution is -2.54. The van der Waals surface area contributed by atoms with E-state index >= 15 is 0 Å². The van der Waals surface area contributed by atoms with Crippen LogP contribution >= 0.6 is 24.6 Å². The smallest absolute Gasteiger partial charge is 0.211 e. The summed E-state index contributed by atoms with van der Waals surface area (Å²) in [5.74, 6) is 0.285. The van der Waals surface area contributed by atoms with Gasteiger partial charge in [-0.2, -0.15) is 4.31 Å². The molecule has 0 radical (unpaired) electrons. The van der Waals surface area contributed by atoms with Crippen LogP contribution in [0.2, 0.25) is 0 Å². The first kappa shape index (κ1) is 23.0. The number of nitrogens with zero attached hydrogens (tertiary/aromatic N) is 2. The monoisotopic (exact) mass is 490 g/mol. The summed E-state index contributed by atoms with van der Waals surface area (Å²) in [7, 11) is -3.18. The van der Waals surface area contributed by atoms with Crippen molar-refractivity contribution in [1.82, 2.24) is 8.87 Å². The number of nitrogens with two attached hydrogens (primary N) is 2. The van der Waals surface area contributed by atoms with Crippen molar-refractivity contribution in [2.24, 2.45) is 11.7 Å². The van der Waals surface area contributed by atoms with Gasteiger partial charge in [0.05, 0.1) is 11.8 Å². The average molecular weight is 491 g/mol. The summed E-state index contributed by atoms with van der Waals surface area (Å²) < 4.78 is 28.5. The van der Waals surface area contributed by atoms with Gasteiger partial charge in [-0.05, 0) is 48.9 Å². The third-order valence-corrected chi connectivity index (χ3v) is 8.38. The largest absolute Gasteiger partial charge is 0.399 e. The number of anilines is 1. The lowest BCUT2D eigenvalue weighted by molar-refractivity contribution is 0.0698. The second-order valence-electron chi connectivity index (χ2n) is 8.80. The fourth-order valence-electron chi connectivity index (χ4n) is 5.40. The van der Waals surface area contributed by atoms with E-state index in [-0.39, 0.29) is 30.4 Å². The molecule has 3 atom stereocenters. The van der Waals surface area contributed by atoms with Crippen molar-refractivity contribution in [2.45, 2.75) is 31.3 Å². The average Bonchev–Trinajstić information content (AvgIpc) is 3.12. The summed E-state index contributed by atoms with van der Waals surface area (Å²) in [6.45, 7) is 0.586. The van der Waals surface area contributed by atoms with Crippen LogP contribution in [0.4, 0.5) is 5.69 Å². The van der Waals surface area contributed by atoms with Gasteiger partial charge in [0.1, 0.15) is 4.99 Å². The highest BCUT2D eigenvalue weighted by molar-refractivity contribution is 7.88. The van der Waals surface area contributed by atoms with Crippen molar-refractivity contribution < 1.29 is 8.42 Å². The fourth-order valence-corrected chi connectivity index (χ4v) is 6.72. The van der Waals surface area contributed by atoms with Crippen molar-refractivity contribution in [3.05, 3.63) is 54.2 Å². The number of hydrogen-bond acceptors (Lipinski definition) is 4. The zero-order valence-electron chi connectivity index (χ0n) is 17.8. The number of thiocarbonyl (C=S) groups is 1. The molecule has 4 N–H and O–H groups in total. The predicted octanol–water partition coefficient (Wildman–Crippen LogP) is 3.93. The lowest BCUT2D eigenvalue weighted by Gasteiger charge is -2.48. The van der Waals surface area contributed by atoms with Crippen LogP contribution in [0.25, 0.3) is 22.0 Å². The van der Waals surface area contributed by atoms with Gasteiger partial charge in [-0.1, -0.05) is 36.5 Å². The van der Waals surface area contributed by atoms with Gasteiger partial charge in [0.2, 0.25) is 10.0 Å². The van der Waals surface area contributed by atoms with Crippen molar-refractivity contribution >= 4 is 56.2 Å². The first-order valence-electron chi connectivity index (χ1n) is 10.5. The maximum Gasteiger partial charge on any atom is 0.211 e. The first-order chi connectivity index (χ1) is 14.7. The highest BCUT2D eigenvalue weighted by Crippen LogP contribution is 2.46. The number of hydrogen-bond donors (Lipinski definition) is 2. The van der Waals surface area contributed by atoms with E-state index in [9.17, 15) is 8.42 Å². The molecule has 1 saturated carbocycles. The van der Waals surface area contributed by atoms with Crippen LogP contribution in [0.5, 0.6) is 0 Å². The minimum Gasteiger partial charge on any atom is -0.399 e. The van der Waals surface area contributed by atoms with Crippen LogP contribution in [-0.2, 0) is 10.0 Å². The van der Waals surface area contributed by atoms with Gasteiger partial charge in [-0.25, -0.2) is 8.42 Å². The number of aromatic nitrogens is 1. The van der Waals surface area contributed by atoms with E-state index < -0.39 is 10.0 Å². The molecule has 0 spiro atoms. The van der Waals surface area contributed by atoms with E-state index in [1.54, 1.807) is 4.31 Å². The van der Waals surface area contributed by atoms with Gasteiger partial charge in [0.15, 0.2) is 0 Å². The van der Waals surface area contributed by atoms with Gasteiger partial charge >= 0.3 is 0 Å².